The van der Waals surface area contributed by atoms with E-state index in [1.54, 1.807) is 0 Å². The maximum atomic E-state index is 11.9. The third-order valence-electron chi connectivity index (χ3n) is 3.49. The quantitative estimate of drug-likeness (QED) is 0.885. The summed E-state index contributed by atoms with van der Waals surface area (Å²) >= 11 is 0. The van der Waals surface area contributed by atoms with Gasteiger partial charge in [0.15, 0.2) is 5.78 Å². The predicted molar refractivity (Wildman–Crippen MR) is 77.6 cm³/mol. The fourth-order valence-electron chi connectivity index (χ4n) is 2.27. The van der Waals surface area contributed by atoms with E-state index in [2.05, 4.69) is 12.2 Å². The number of anilines is 1. The molecule has 0 saturated carbocycles. The number of aryl methyl sites for hydroxylation is 1. The molecule has 0 radical (unpaired) electrons. The first-order valence-corrected chi connectivity index (χ1v) is 6.93. The lowest BCUT2D eigenvalue weighted by atomic mass is 9.94. The molecule has 1 aromatic carbocycles. The second-order valence-corrected chi connectivity index (χ2v) is 4.98. The number of nitrogens with one attached hydrogen (secondary N) is 1. The first kappa shape index (κ1) is 14.3. The van der Waals surface area contributed by atoms with Gasteiger partial charge in [0, 0.05) is 24.1 Å². The van der Waals surface area contributed by atoms with E-state index < -0.39 is 0 Å². The molecule has 20 heavy (non-hydrogen) atoms. The minimum absolute atomic E-state index is 0.0554. The van der Waals surface area contributed by atoms with Crippen LogP contribution < -0.4 is 5.32 Å². The lowest BCUT2D eigenvalue weighted by Gasteiger charge is -2.15. The van der Waals surface area contributed by atoms with E-state index in [1.807, 2.05) is 24.3 Å². The number of carbonyl (C=O) groups excluding carboxylic acids is 2. The van der Waals surface area contributed by atoms with E-state index in [1.165, 1.54) is 5.56 Å². The van der Waals surface area contributed by atoms with Crippen molar-refractivity contribution in [1.29, 1.82) is 0 Å². The van der Waals surface area contributed by atoms with Crippen molar-refractivity contribution in [1.82, 2.24) is 0 Å². The van der Waals surface area contributed by atoms with Crippen LogP contribution in [0.1, 0.15) is 38.2 Å². The molecule has 2 rings (SSSR count). The van der Waals surface area contributed by atoms with Crippen molar-refractivity contribution >= 4 is 17.4 Å². The number of ketones is 1. The van der Waals surface area contributed by atoms with Gasteiger partial charge in [0.25, 0.3) is 0 Å². The SMILES string of the molecule is CCc1ccc(NC(=O)CC2=C(O)CCCC2=O)cc1. The molecule has 0 unspecified atom stereocenters. The van der Waals surface area contributed by atoms with Crippen LogP contribution in [0.2, 0.25) is 0 Å². The van der Waals surface area contributed by atoms with Gasteiger partial charge in [-0.3, -0.25) is 9.59 Å². The Bertz CT molecular complexity index is 543. The van der Waals surface area contributed by atoms with Crippen molar-refractivity contribution in [2.45, 2.75) is 39.0 Å². The van der Waals surface area contributed by atoms with E-state index in [-0.39, 0.29) is 29.4 Å². The molecule has 0 spiro atoms. The van der Waals surface area contributed by atoms with Gasteiger partial charge in [-0.05, 0) is 30.5 Å². The summed E-state index contributed by atoms with van der Waals surface area (Å²) in [6, 6.07) is 7.59. The predicted octanol–water partition coefficient (Wildman–Crippen LogP) is 3.14. The van der Waals surface area contributed by atoms with Gasteiger partial charge in [-0.25, -0.2) is 0 Å². The van der Waals surface area contributed by atoms with E-state index in [9.17, 15) is 14.7 Å². The van der Waals surface area contributed by atoms with Crippen LogP contribution in [0.4, 0.5) is 5.69 Å². The number of benzene rings is 1. The molecule has 1 aliphatic rings. The van der Waals surface area contributed by atoms with Crippen molar-refractivity contribution in [3.8, 4) is 0 Å². The van der Waals surface area contributed by atoms with Gasteiger partial charge in [-0.15, -0.1) is 0 Å². The molecule has 2 N–H and O–H groups in total. The first-order valence-electron chi connectivity index (χ1n) is 6.93. The Morgan fingerprint density at radius 3 is 2.55 bits per heavy atom. The van der Waals surface area contributed by atoms with Gasteiger partial charge in [-0.1, -0.05) is 19.1 Å². The highest BCUT2D eigenvalue weighted by molar-refractivity contribution is 6.03. The van der Waals surface area contributed by atoms with Gasteiger partial charge in [0.2, 0.25) is 5.91 Å². The molecule has 1 aromatic rings. The molecule has 0 atom stereocenters. The van der Waals surface area contributed by atoms with E-state index in [0.717, 1.165) is 6.42 Å². The topological polar surface area (TPSA) is 66.4 Å². The minimum Gasteiger partial charge on any atom is -0.512 e. The highest BCUT2D eigenvalue weighted by Gasteiger charge is 2.22. The fourth-order valence-corrected chi connectivity index (χ4v) is 2.27. The summed E-state index contributed by atoms with van der Waals surface area (Å²) in [5, 5.41) is 12.4. The van der Waals surface area contributed by atoms with Gasteiger partial charge in [0.1, 0.15) is 0 Å². The molecule has 0 saturated heterocycles. The zero-order chi connectivity index (χ0) is 14.5. The van der Waals surface area contributed by atoms with Crippen molar-refractivity contribution in [3.63, 3.8) is 0 Å². The van der Waals surface area contributed by atoms with Gasteiger partial charge in [0.05, 0.1) is 12.2 Å². The van der Waals surface area contributed by atoms with Crippen molar-refractivity contribution in [2.24, 2.45) is 0 Å². The Hall–Kier alpha value is -2.10. The molecular formula is C16H19NO3. The summed E-state index contributed by atoms with van der Waals surface area (Å²) in [4.78, 5) is 23.6. The van der Waals surface area contributed by atoms with Crippen LogP contribution in [0.3, 0.4) is 0 Å². The number of rotatable bonds is 4. The number of amides is 1. The van der Waals surface area contributed by atoms with Crippen LogP contribution in [0.5, 0.6) is 0 Å². The molecule has 106 valence electrons. The smallest absolute Gasteiger partial charge is 0.229 e. The Labute approximate surface area is 118 Å². The second-order valence-electron chi connectivity index (χ2n) is 4.98. The largest absolute Gasteiger partial charge is 0.512 e. The number of hydrogen-bond acceptors (Lipinski definition) is 3. The van der Waals surface area contributed by atoms with E-state index in [4.69, 9.17) is 0 Å². The van der Waals surface area contributed by atoms with Crippen molar-refractivity contribution < 1.29 is 14.7 Å². The van der Waals surface area contributed by atoms with Crippen molar-refractivity contribution in [3.05, 3.63) is 41.2 Å². The Balaban J connectivity index is 1.99. The number of aliphatic hydroxyl groups is 1. The minimum atomic E-state index is -0.272. The van der Waals surface area contributed by atoms with Crippen LogP contribution in [-0.4, -0.2) is 16.8 Å². The number of hydrogen-bond donors (Lipinski definition) is 2. The Kier molecular flexibility index (Phi) is 4.56. The lowest BCUT2D eigenvalue weighted by molar-refractivity contribution is -0.120. The molecule has 1 amide bonds. The highest BCUT2D eigenvalue weighted by Crippen LogP contribution is 2.23. The van der Waals surface area contributed by atoms with E-state index >= 15 is 0 Å². The summed E-state index contributed by atoms with van der Waals surface area (Å²) < 4.78 is 0. The maximum Gasteiger partial charge on any atom is 0.229 e. The summed E-state index contributed by atoms with van der Waals surface area (Å²) in [6.45, 7) is 2.07. The monoisotopic (exact) mass is 273 g/mol. The van der Waals surface area contributed by atoms with Gasteiger partial charge < -0.3 is 10.4 Å². The molecule has 0 bridgehead atoms. The molecule has 0 fully saturated rings. The molecule has 4 heteroatoms. The van der Waals surface area contributed by atoms with Gasteiger partial charge >= 0.3 is 0 Å². The van der Waals surface area contributed by atoms with Crippen LogP contribution in [0.15, 0.2) is 35.6 Å². The number of allylic oxidation sites excluding steroid dienone is 1. The Morgan fingerprint density at radius 2 is 1.95 bits per heavy atom. The average molecular weight is 273 g/mol. The van der Waals surface area contributed by atoms with E-state index in [0.29, 0.717) is 24.9 Å². The average Bonchev–Trinajstić information content (AvgIpc) is 2.44. The maximum absolute atomic E-state index is 11.9. The zero-order valence-electron chi connectivity index (χ0n) is 11.6. The summed E-state index contributed by atoms with van der Waals surface area (Å²) in [7, 11) is 0. The Morgan fingerprint density at radius 1 is 1.25 bits per heavy atom. The number of Topliss-reactive ketones (excluding diaryl/α,β-unsaturated/α-hetero) is 1. The molecule has 0 heterocycles. The fraction of sp³-hybridized carbons (Fsp3) is 0.375. The zero-order valence-corrected chi connectivity index (χ0v) is 11.6. The van der Waals surface area contributed by atoms with Crippen molar-refractivity contribution in [2.75, 3.05) is 5.32 Å². The highest BCUT2D eigenvalue weighted by atomic mass is 16.3. The van der Waals surface area contributed by atoms with Crippen LogP contribution in [0.25, 0.3) is 0 Å². The molecule has 1 aliphatic carbocycles. The lowest BCUT2D eigenvalue weighted by Crippen LogP contribution is -2.19. The van der Waals surface area contributed by atoms with Crippen LogP contribution in [0, 0.1) is 0 Å². The summed E-state index contributed by atoms with van der Waals surface area (Å²) in [6.07, 6.45) is 2.45. The van der Waals surface area contributed by atoms with Crippen LogP contribution in [-0.2, 0) is 16.0 Å². The summed E-state index contributed by atoms with van der Waals surface area (Å²) in [5.74, 6) is -0.325. The van der Waals surface area contributed by atoms with Crippen LogP contribution >= 0.6 is 0 Å². The second kappa shape index (κ2) is 6.37. The number of aliphatic hydroxyl groups excluding tert-OH is 1. The third-order valence-corrected chi connectivity index (χ3v) is 3.49. The molecule has 0 aromatic heterocycles. The normalized spacial score (nSPS) is 15.3. The summed E-state index contributed by atoms with van der Waals surface area (Å²) in [5.41, 5.74) is 2.17. The third kappa shape index (κ3) is 3.47. The molecule has 0 aliphatic heterocycles. The standard InChI is InChI=1S/C16H19NO3/c1-2-11-6-8-12(9-7-11)17-16(20)10-13-14(18)4-3-5-15(13)19/h6-9,18H,2-5,10H2,1H3,(H,17,20). The van der Waals surface area contributed by atoms with Gasteiger partial charge in [-0.2, -0.15) is 0 Å². The first-order chi connectivity index (χ1) is 9.60. The number of carbonyl (C=O) groups is 2. The molecule has 4 nitrogen and oxygen atoms in total. The molecular weight excluding hydrogens is 254 g/mol.